The number of nitrogens with two attached hydrogens (primary N) is 1. The monoisotopic (exact) mass is 210 g/mol. The maximum atomic E-state index is 9.82. The van der Waals surface area contributed by atoms with Crippen LogP contribution in [0.5, 0.6) is 5.75 Å². The molecule has 4 nitrogen and oxygen atoms in total. The molecule has 15 heavy (non-hydrogen) atoms. The van der Waals surface area contributed by atoms with E-state index in [0.717, 1.165) is 12.0 Å². The number of hydrogen-bond acceptors (Lipinski definition) is 4. The molecule has 0 bridgehead atoms. The molecular weight excluding hydrogens is 192 g/mol. The van der Waals surface area contributed by atoms with Crippen LogP contribution in [-0.4, -0.2) is 21.2 Å². The zero-order valence-electron chi connectivity index (χ0n) is 9.20. The van der Waals surface area contributed by atoms with Gasteiger partial charge in [-0.1, -0.05) is 6.92 Å². The van der Waals surface area contributed by atoms with Crippen molar-refractivity contribution < 1.29 is 10.2 Å². The Morgan fingerprint density at radius 2 is 2.20 bits per heavy atom. The third-order valence-electron chi connectivity index (χ3n) is 2.59. The molecule has 0 aliphatic heterocycles. The van der Waals surface area contributed by atoms with Crippen molar-refractivity contribution in [1.29, 1.82) is 0 Å². The van der Waals surface area contributed by atoms with E-state index in [2.05, 4.69) is 4.98 Å². The first-order valence-corrected chi connectivity index (χ1v) is 5.12. The molecule has 1 heterocycles. The summed E-state index contributed by atoms with van der Waals surface area (Å²) in [6.45, 7) is 3.61. The molecule has 0 spiro atoms. The van der Waals surface area contributed by atoms with Gasteiger partial charge >= 0.3 is 0 Å². The van der Waals surface area contributed by atoms with Gasteiger partial charge in [0.05, 0.1) is 12.3 Å². The summed E-state index contributed by atoms with van der Waals surface area (Å²) in [5.41, 5.74) is 7.79. The Labute approximate surface area is 89.8 Å². The first-order chi connectivity index (χ1) is 7.10. The third-order valence-corrected chi connectivity index (χ3v) is 2.59. The summed E-state index contributed by atoms with van der Waals surface area (Å²) in [7, 11) is 0. The average molecular weight is 210 g/mol. The Balaban J connectivity index is 3.06. The van der Waals surface area contributed by atoms with Gasteiger partial charge in [-0.05, 0) is 19.8 Å². The molecule has 4 N–H and O–H groups in total. The van der Waals surface area contributed by atoms with Gasteiger partial charge in [0.2, 0.25) is 0 Å². The number of aryl methyl sites for hydroxylation is 1. The van der Waals surface area contributed by atoms with Crippen molar-refractivity contribution in [3.8, 4) is 5.75 Å². The molecule has 0 aliphatic rings. The largest absolute Gasteiger partial charge is 0.506 e. The Kier molecular flexibility index (Phi) is 4.05. The lowest BCUT2D eigenvalue weighted by Crippen LogP contribution is -2.22. The molecule has 1 aromatic heterocycles. The Morgan fingerprint density at radius 1 is 1.53 bits per heavy atom. The number of aliphatic hydroxyl groups is 1. The maximum Gasteiger partial charge on any atom is 0.140 e. The van der Waals surface area contributed by atoms with E-state index in [9.17, 15) is 5.11 Å². The van der Waals surface area contributed by atoms with E-state index in [4.69, 9.17) is 10.8 Å². The summed E-state index contributed by atoms with van der Waals surface area (Å²) < 4.78 is 0. The highest BCUT2D eigenvalue weighted by Crippen LogP contribution is 2.25. The quantitative estimate of drug-likeness (QED) is 0.689. The van der Waals surface area contributed by atoms with Crippen LogP contribution in [0.25, 0.3) is 0 Å². The fraction of sp³-hybridized carbons (Fsp3) is 0.545. The number of pyridine rings is 1. The topological polar surface area (TPSA) is 79.4 Å². The second-order valence-electron chi connectivity index (χ2n) is 3.73. The van der Waals surface area contributed by atoms with Gasteiger partial charge in [0.1, 0.15) is 5.75 Å². The average Bonchev–Trinajstić information content (AvgIpc) is 2.25. The van der Waals surface area contributed by atoms with Gasteiger partial charge < -0.3 is 15.9 Å². The molecule has 0 saturated carbocycles. The molecule has 1 rings (SSSR count). The predicted octanol–water partition coefficient (Wildman–Crippen LogP) is 0.868. The number of aromatic hydroxyl groups is 1. The number of hydrogen-bond donors (Lipinski definition) is 3. The van der Waals surface area contributed by atoms with Gasteiger partial charge in [0, 0.05) is 23.4 Å². The molecule has 4 heteroatoms. The predicted molar refractivity (Wildman–Crippen MR) is 58.5 cm³/mol. The van der Waals surface area contributed by atoms with Crippen LogP contribution in [0.3, 0.4) is 0 Å². The third kappa shape index (κ3) is 2.67. The van der Waals surface area contributed by atoms with Gasteiger partial charge in [-0.2, -0.15) is 0 Å². The van der Waals surface area contributed by atoms with E-state index in [1.807, 2.05) is 6.92 Å². The fourth-order valence-electron chi connectivity index (χ4n) is 1.45. The van der Waals surface area contributed by atoms with Crippen molar-refractivity contribution >= 4 is 0 Å². The van der Waals surface area contributed by atoms with E-state index in [-0.39, 0.29) is 18.4 Å². The highest BCUT2D eigenvalue weighted by molar-refractivity contribution is 5.41. The Morgan fingerprint density at radius 3 is 2.73 bits per heavy atom. The molecule has 0 fully saturated rings. The first kappa shape index (κ1) is 11.9. The van der Waals surface area contributed by atoms with Gasteiger partial charge in [-0.15, -0.1) is 0 Å². The van der Waals surface area contributed by atoms with Crippen LogP contribution in [0.1, 0.15) is 30.2 Å². The fourth-order valence-corrected chi connectivity index (χ4v) is 1.45. The molecule has 0 aromatic carbocycles. The molecule has 1 atom stereocenters. The highest BCUT2D eigenvalue weighted by Gasteiger charge is 2.13. The van der Waals surface area contributed by atoms with Crippen molar-refractivity contribution in [2.45, 2.75) is 39.3 Å². The van der Waals surface area contributed by atoms with Gasteiger partial charge in [-0.25, -0.2) is 0 Å². The van der Waals surface area contributed by atoms with Crippen molar-refractivity contribution in [2.24, 2.45) is 5.73 Å². The van der Waals surface area contributed by atoms with Gasteiger partial charge in [-0.3, -0.25) is 4.98 Å². The van der Waals surface area contributed by atoms with Crippen LogP contribution >= 0.6 is 0 Å². The van der Waals surface area contributed by atoms with Crippen LogP contribution in [0.4, 0.5) is 0 Å². The molecule has 1 unspecified atom stereocenters. The van der Waals surface area contributed by atoms with E-state index in [1.54, 1.807) is 13.1 Å². The van der Waals surface area contributed by atoms with E-state index < -0.39 is 0 Å². The van der Waals surface area contributed by atoms with E-state index in [1.165, 1.54) is 0 Å². The van der Waals surface area contributed by atoms with E-state index in [0.29, 0.717) is 17.7 Å². The van der Waals surface area contributed by atoms with Crippen molar-refractivity contribution in [1.82, 2.24) is 4.98 Å². The van der Waals surface area contributed by atoms with Crippen LogP contribution in [0.15, 0.2) is 6.20 Å². The summed E-state index contributed by atoms with van der Waals surface area (Å²) in [6, 6.07) is 0.00278. The summed E-state index contributed by atoms with van der Waals surface area (Å²) in [6.07, 6.45) is 3.00. The molecule has 0 aliphatic carbocycles. The summed E-state index contributed by atoms with van der Waals surface area (Å²) >= 11 is 0. The SMILES string of the molecule is CCC(N)Cc1c(CO)cnc(C)c1O. The summed E-state index contributed by atoms with van der Waals surface area (Å²) in [5, 5.41) is 19.0. The molecule has 0 amide bonds. The maximum absolute atomic E-state index is 9.82. The normalized spacial score (nSPS) is 12.8. The Bertz CT molecular complexity index is 340. The van der Waals surface area contributed by atoms with Crippen molar-refractivity contribution in [2.75, 3.05) is 0 Å². The number of rotatable bonds is 4. The smallest absolute Gasteiger partial charge is 0.140 e. The minimum Gasteiger partial charge on any atom is -0.506 e. The molecule has 0 saturated heterocycles. The lowest BCUT2D eigenvalue weighted by Gasteiger charge is -2.14. The van der Waals surface area contributed by atoms with Crippen LogP contribution in [-0.2, 0) is 13.0 Å². The highest BCUT2D eigenvalue weighted by atomic mass is 16.3. The van der Waals surface area contributed by atoms with Crippen LogP contribution in [0, 0.1) is 6.92 Å². The standard InChI is InChI=1S/C11H18N2O2/c1-3-9(12)4-10-8(6-14)5-13-7(2)11(10)15/h5,9,14-15H,3-4,6,12H2,1-2H3. The lowest BCUT2D eigenvalue weighted by atomic mass is 9.99. The van der Waals surface area contributed by atoms with Gasteiger partial charge in [0.25, 0.3) is 0 Å². The first-order valence-electron chi connectivity index (χ1n) is 5.12. The number of aromatic nitrogens is 1. The minimum absolute atomic E-state index is 0.00278. The zero-order valence-corrected chi connectivity index (χ0v) is 9.20. The zero-order chi connectivity index (χ0) is 11.4. The molecule has 0 radical (unpaired) electrons. The molecule has 84 valence electrons. The Hall–Kier alpha value is -1.13. The summed E-state index contributed by atoms with van der Waals surface area (Å²) in [4.78, 5) is 3.99. The van der Waals surface area contributed by atoms with Gasteiger partial charge in [0.15, 0.2) is 0 Å². The van der Waals surface area contributed by atoms with Crippen molar-refractivity contribution in [3.63, 3.8) is 0 Å². The van der Waals surface area contributed by atoms with Crippen molar-refractivity contribution in [3.05, 3.63) is 23.0 Å². The second-order valence-corrected chi connectivity index (χ2v) is 3.73. The molecular formula is C11H18N2O2. The molecule has 1 aromatic rings. The second kappa shape index (κ2) is 5.09. The summed E-state index contributed by atoms with van der Waals surface area (Å²) in [5.74, 6) is 0.158. The number of aliphatic hydroxyl groups excluding tert-OH is 1. The van der Waals surface area contributed by atoms with Crippen LogP contribution < -0.4 is 5.73 Å². The minimum atomic E-state index is -0.118. The number of nitrogens with zero attached hydrogens (tertiary/aromatic N) is 1. The van der Waals surface area contributed by atoms with E-state index >= 15 is 0 Å². The lowest BCUT2D eigenvalue weighted by molar-refractivity contribution is 0.278. The van der Waals surface area contributed by atoms with Crippen LogP contribution in [0.2, 0.25) is 0 Å².